The summed E-state index contributed by atoms with van der Waals surface area (Å²) in [5, 5.41) is 5.19. The lowest BCUT2D eigenvalue weighted by Gasteiger charge is -2.26. The zero-order valence-corrected chi connectivity index (χ0v) is 26.6. The van der Waals surface area contributed by atoms with Crippen molar-refractivity contribution in [2.24, 2.45) is 0 Å². The highest BCUT2D eigenvalue weighted by molar-refractivity contribution is 6.15. The summed E-state index contributed by atoms with van der Waals surface area (Å²) in [7, 11) is 0. The van der Waals surface area contributed by atoms with E-state index in [9.17, 15) is 9.59 Å². The molecule has 0 spiro atoms. The van der Waals surface area contributed by atoms with Crippen molar-refractivity contribution in [2.75, 3.05) is 13.2 Å². The Bertz CT molecular complexity index is 1520. The molecule has 0 fully saturated rings. The second kappa shape index (κ2) is 15.5. The Balaban J connectivity index is 1.67. The fraction of sp³-hybridized carbons (Fsp3) is 0.350. The van der Waals surface area contributed by atoms with Crippen molar-refractivity contribution in [3.63, 3.8) is 0 Å². The second-order valence-electron chi connectivity index (χ2n) is 12.5. The molecular weight excluding hydrogens is 544 g/mol. The van der Waals surface area contributed by atoms with Gasteiger partial charge in [-0.15, -0.1) is 0 Å². The molecule has 0 radical (unpaired) electrons. The van der Waals surface area contributed by atoms with Gasteiger partial charge in [-0.25, -0.2) is 9.59 Å². The van der Waals surface area contributed by atoms with Crippen molar-refractivity contribution in [3.8, 4) is 11.1 Å². The predicted molar refractivity (Wildman–Crippen MR) is 183 cm³/mol. The number of hydrogen-bond donors (Lipinski definition) is 0. The number of unbranched alkanes of at least 4 members (excludes halogenated alkanes) is 4. The number of ether oxygens (including phenoxy) is 2. The number of fused-ring (bicyclic) bond motifs is 2. The summed E-state index contributed by atoms with van der Waals surface area (Å²) >= 11 is 0. The number of hydrogen-bond acceptors (Lipinski definition) is 4. The molecule has 4 aromatic carbocycles. The number of esters is 2. The van der Waals surface area contributed by atoms with Gasteiger partial charge in [-0.1, -0.05) is 101 Å². The van der Waals surface area contributed by atoms with Gasteiger partial charge in [0.25, 0.3) is 0 Å². The van der Waals surface area contributed by atoms with Gasteiger partial charge >= 0.3 is 11.9 Å². The lowest BCUT2D eigenvalue weighted by atomic mass is 9.77. The maximum Gasteiger partial charge on any atom is 0.330 e. The summed E-state index contributed by atoms with van der Waals surface area (Å²) in [5.41, 5.74) is 6.58. The van der Waals surface area contributed by atoms with E-state index in [-0.39, 0.29) is 17.4 Å². The van der Waals surface area contributed by atoms with Gasteiger partial charge in [0.05, 0.1) is 13.2 Å². The van der Waals surface area contributed by atoms with Crippen LogP contribution in [-0.4, -0.2) is 25.2 Å². The van der Waals surface area contributed by atoms with Crippen LogP contribution in [0.5, 0.6) is 0 Å². The van der Waals surface area contributed by atoms with Gasteiger partial charge in [0, 0.05) is 12.2 Å². The van der Waals surface area contributed by atoms with Crippen LogP contribution in [0.4, 0.5) is 0 Å². The fourth-order valence-electron chi connectivity index (χ4n) is 6.12. The van der Waals surface area contributed by atoms with Crippen molar-refractivity contribution in [3.05, 3.63) is 109 Å². The van der Waals surface area contributed by atoms with E-state index in [1.165, 1.54) is 61.5 Å². The highest BCUT2D eigenvalue weighted by Crippen LogP contribution is 2.44. The minimum absolute atomic E-state index is 0.00918. The zero-order chi connectivity index (χ0) is 31.5. The molecule has 4 heteroatoms. The number of rotatable bonds is 15. The van der Waals surface area contributed by atoms with Crippen LogP contribution in [0.3, 0.4) is 0 Å². The summed E-state index contributed by atoms with van der Waals surface area (Å²) in [5.74, 6) is -0.726. The van der Waals surface area contributed by atoms with E-state index in [0.717, 1.165) is 51.4 Å². The molecule has 230 valence electrons. The Labute approximate surface area is 262 Å². The van der Waals surface area contributed by atoms with Gasteiger partial charge < -0.3 is 9.47 Å². The van der Waals surface area contributed by atoms with Crippen molar-refractivity contribution < 1.29 is 19.1 Å². The van der Waals surface area contributed by atoms with Crippen LogP contribution in [-0.2, 0) is 37.3 Å². The van der Waals surface area contributed by atoms with Crippen LogP contribution in [0.15, 0.2) is 92.0 Å². The first kappa shape index (κ1) is 32.7. The molecule has 0 aliphatic rings. The van der Waals surface area contributed by atoms with Crippen molar-refractivity contribution in [2.45, 2.75) is 77.6 Å². The van der Waals surface area contributed by atoms with Gasteiger partial charge in [-0.2, -0.15) is 0 Å². The van der Waals surface area contributed by atoms with Crippen LogP contribution in [0.2, 0.25) is 0 Å². The molecule has 4 nitrogen and oxygen atoms in total. The van der Waals surface area contributed by atoms with Crippen molar-refractivity contribution in [1.29, 1.82) is 0 Å². The molecule has 4 aromatic rings. The molecule has 0 heterocycles. The molecule has 0 atom stereocenters. The second-order valence-corrected chi connectivity index (χ2v) is 12.5. The molecule has 4 rings (SSSR count). The van der Waals surface area contributed by atoms with Gasteiger partial charge in [-0.3, -0.25) is 0 Å². The van der Waals surface area contributed by atoms with E-state index >= 15 is 0 Å². The fourth-order valence-corrected chi connectivity index (χ4v) is 6.12. The molecule has 0 unspecified atom stereocenters. The number of carbonyl (C=O) groups excluding carboxylic acids is 2. The maximum absolute atomic E-state index is 11.4. The third-order valence-electron chi connectivity index (χ3n) is 8.06. The third-order valence-corrected chi connectivity index (χ3v) is 8.06. The average molecular weight is 591 g/mol. The summed E-state index contributed by atoms with van der Waals surface area (Å²) in [6.45, 7) is 14.7. The summed E-state index contributed by atoms with van der Waals surface area (Å²) < 4.78 is 10.3. The first-order valence-corrected chi connectivity index (χ1v) is 15.9. The maximum atomic E-state index is 11.4. The van der Waals surface area contributed by atoms with Gasteiger partial charge in [0.15, 0.2) is 0 Å². The quantitative estimate of drug-likeness (QED) is 0.0598. The molecule has 0 amide bonds. The molecule has 0 aliphatic carbocycles. The lowest BCUT2D eigenvalue weighted by molar-refractivity contribution is -0.138. The van der Waals surface area contributed by atoms with E-state index in [1.807, 2.05) is 0 Å². The number of aryl methyl sites for hydroxylation is 2. The highest BCUT2D eigenvalue weighted by Gasteiger charge is 2.23. The number of benzene rings is 4. The van der Waals surface area contributed by atoms with Crippen LogP contribution in [0.1, 0.15) is 76.0 Å². The van der Waals surface area contributed by atoms with Gasteiger partial charge in [0.1, 0.15) is 0 Å². The predicted octanol–water partition coefficient (Wildman–Crippen LogP) is 9.84. The summed E-state index contributed by atoms with van der Waals surface area (Å²) in [6.07, 6.45) is 10.0. The van der Waals surface area contributed by atoms with Gasteiger partial charge in [0.2, 0.25) is 0 Å². The van der Waals surface area contributed by atoms with Crippen LogP contribution < -0.4 is 0 Å². The largest absolute Gasteiger partial charge is 0.463 e. The van der Waals surface area contributed by atoms with Crippen molar-refractivity contribution in [1.82, 2.24) is 0 Å². The Hall–Kier alpha value is -4.18. The van der Waals surface area contributed by atoms with Crippen molar-refractivity contribution >= 4 is 33.5 Å². The standard InChI is InChI=1S/C40H46O4/c1-6-36(41)43-24-16-8-10-18-29-26-30(19-11-9-17-25-44-37(42)7-2)28-31(27-29)38-32-20-12-14-22-34(32)39(40(3,4)5)35-23-15-13-21-33(35)38/h6-7,12-15,20-23,26-28H,1-2,8-11,16-19,24-25H2,3-5H3. The molecule has 0 aromatic heterocycles. The average Bonchev–Trinajstić information content (AvgIpc) is 3.01. The van der Waals surface area contributed by atoms with Crippen LogP contribution >= 0.6 is 0 Å². The molecule has 0 bridgehead atoms. The molecule has 0 aliphatic heterocycles. The molecule has 0 N–H and O–H groups in total. The topological polar surface area (TPSA) is 52.6 Å². The highest BCUT2D eigenvalue weighted by atomic mass is 16.5. The van der Waals surface area contributed by atoms with E-state index < -0.39 is 0 Å². The first-order valence-electron chi connectivity index (χ1n) is 15.9. The lowest BCUT2D eigenvalue weighted by Crippen LogP contribution is -2.13. The Kier molecular flexibility index (Phi) is 11.5. The smallest absolute Gasteiger partial charge is 0.330 e. The van der Waals surface area contributed by atoms with E-state index in [4.69, 9.17) is 9.47 Å². The van der Waals surface area contributed by atoms with Gasteiger partial charge in [-0.05, 0) is 106 Å². The minimum Gasteiger partial charge on any atom is -0.463 e. The third kappa shape index (κ3) is 8.47. The minimum atomic E-state index is -0.363. The molecule has 44 heavy (non-hydrogen) atoms. The van der Waals surface area contributed by atoms with E-state index in [0.29, 0.717) is 13.2 Å². The Morgan fingerprint density at radius 1 is 0.636 bits per heavy atom. The number of carbonyl (C=O) groups is 2. The summed E-state index contributed by atoms with van der Waals surface area (Å²) in [4.78, 5) is 22.7. The molecule has 0 saturated carbocycles. The first-order chi connectivity index (χ1) is 21.2. The monoisotopic (exact) mass is 590 g/mol. The zero-order valence-electron chi connectivity index (χ0n) is 26.6. The van der Waals surface area contributed by atoms with E-state index in [1.54, 1.807) is 0 Å². The van der Waals surface area contributed by atoms with E-state index in [2.05, 4.69) is 101 Å². The van der Waals surface area contributed by atoms with Crippen LogP contribution in [0, 0.1) is 0 Å². The molecular formula is C40H46O4. The van der Waals surface area contributed by atoms with Crippen LogP contribution in [0.25, 0.3) is 32.7 Å². The summed E-state index contributed by atoms with van der Waals surface area (Å²) in [6, 6.07) is 24.8. The Morgan fingerprint density at radius 2 is 1.07 bits per heavy atom. The molecule has 0 saturated heterocycles. The Morgan fingerprint density at radius 3 is 1.48 bits per heavy atom. The normalized spacial score (nSPS) is 11.4. The SMILES string of the molecule is C=CC(=O)OCCCCCc1cc(CCCCCOC(=O)C=C)cc(-c2c3ccccc3c(C(C)(C)C)c3ccccc23)c1.